The van der Waals surface area contributed by atoms with Gasteiger partial charge in [-0.05, 0) is 24.3 Å². The second kappa shape index (κ2) is 4.78. The monoisotopic (exact) mass is 285 g/mol. The number of nitrogens with zero attached hydrogens (tertiary/aromatic N) is 2. The van der Waals surface area contributed by atoms with Crippen LogP contribution in [-0.4, -0.2) is 26.5 Å². The topological polar surface area (TPSA) is 97.4 Å². The van der Waals surface area contributed by atoms with E-state index in [9.17, 15) is 14.7 Å². The number of anilines is 1. The molecule has 0 saturated carbocycles. The molecule has 7 heteroatoms. The smallest absolute Gasteiger partial charge is 0.337 e. The number of hydrogen-bond donors (Lipinski definition) is 2. The van der Waals surface area contributed by atoms with Crippen molar-refractivity contribution in [1.29, 1.82) is 0 Å². The minimum atomic E-state index is -1.09. The van der Waals surface area contributed by atoms with Gasteiger partial charge in [-0.2, -0.15) is 0 Å². The number of carbonyl (C=O) groups is 2. The van der Waals surface area contributed by atoms with Crippen molar-refractivity contribution in [3.05, 3.63) is 48.2 Å². The highest BCUT2D eigenvalue weighted by Gasteiger charge is 2.16. The van der Waals surface area contributed by atoms with E-state index in [2.05, 4.69) is 10.3 Å². The normalized spacial score (nSPS) is 10.7. The minimum absolute atomic E-state index is 0.0715. The Labute approximate surface area is 118 Å². The molecule has 2 heterocycles. The van der Waals surface area contributed by atoms with Gasteiger partial charge in [0.1, 0.15) is 0 Å². The molecule has 0 aliphatic heterocycles. The lowest BCUT2D eigenvalue weighted by Crippen LogP contribution is -2.12. The Bertz CT molecular complexity index is 833. The molecule has 1 amide bonds. The number of furan rings is 1. The van der Waals surface area contributed by atoms with Crippen LogP contribution in [-0.2, 0) is 7.05 Å². The number of rotatable bonds is 3. The van der Waals surface area contributed by atoms with Gasteiger partial charge < -0.3 is 19.4 Å². The van der Waals surface area contributed by atoms with Crippen molar-refractivity contribution in [2.24, 2.45) is 7.05 Å². The summed E-state index contributed by atoms with van der Waals surface area (Å²) < 4.78 is 6.61. The highest BCUT2D eigenvalue weighted by molar-refractivity contribution is 6.07. The van der Waals surface area contributed by atoms with Gasteiger partial charge in [-0.25, -0.2) is 9.78 Å². The molecule has 0 radical (unpaired) electrons. The molecule has 0 atom stereocenters. The van der Waals surface area contributed by atoms with Crippen LogP contribution < -0.4 is 5.32 Å². The van der Waals surface area contributed by atoms with E-state index in [0.29, 0.717) is 16.7 Å². The highest BCUT2D eigenvalue weighted by Crippen LogP contribution is 2.23. The summed E-state index contributed by atoms with van der Waals surface area (Å²) in [6.07, 6.45) is 2.91. The molecule has 21 heavy (non-hydrogen) atoms. The van der Waals surface area contributed by atoms with Crippen molar-refractivity contribution in [3.8, 4) is 0 Å². The Balaban J connectivity index is 2.04. The molecular formula is C14H11N3O4. The number of aromatic carboxylic acids is 1. The van der Waals surface area contributed by atoms with E-state index in [-0.39, 0.29) is 11.3 Å². The van der Waals surface area contributed by atoms with E-state index in [1.54, 1.807) is 23.7 Å². The molecule has 0 fully saturated rings. The number of aryl methyl sites for hydroxylation is 1. The zero-order valence-electron chi connectivity index (χ0n) is 11.0. The summed E-state index contributed by atoms with van der Waals surface area (Å²) in [6.45, 7) is 0. The first-order chi connectivity index (χ1) is 10.1. The van der Waals surface area contributed by atoms with E-state index < -0.39 is 11.9 Å². The lowest BCUT2D eigenvalue weighted by molar-refractivity contribution is 0.0698. The number of benzene rings is 1. The number of amides is 1. The zero-order valence-corrected chi connectivity index (χ0v) is 11.0. The van der Waals surface area contributed by atoms with Crippen molar-refractivity contribution in [2.75, 3.05) is 5.32 Å². The third-order valence-corrected chi connectivity index (χ3v) is 3.05. The van der Waals surface area contributed by atoms with Gasteiger partial charge in [-0.15, -0.1) is 0 Å². The Morgan fingerprint density at radius 1 is 1.38 bits per heavy atom. The summed E-state index contributed by atoms with van der Waals surface area (Å²) in [7, 11) is 1.71. The van der Waals surface area contributed by atoms with Crippen LogP contribution in [0.1, 0.15) is 20.9 Å². The Kier molecular flexibility index (Phi) is 2.94. The van der Waals surface area contributed by atoms with Crippen molar-refractivity contribution in [3.63, 3.8) is 0 Å². The van der Waals surface area contributed by atoms with Gasteiger partial charge in [-0.1, -0.05) is 0 Å². The van der Waals surface area contributed by atoms with Crippen molar-refractivity contribution in [2.45, 2.75) is 0 Å². The molecule has 0 bridgehead atoms. The maximum Gasteiger partial charge on any atom is 0.337 e. The van der Waals surface area contributed by atoms with Crippen LogP contribution in [0.15, 0.2) is 41.3 Å². The molecule has 3 aromatic rings. The second-order valence-corrected chi connectivity index (χ2v) is 4.48. The third-order valence-electron chi connectivity index (χ3n) is 3.05. The predicted octanol–water partition coefficient (Wildman–Crippen LogP) is 2.12. The Hall–Kier alpha value is -3.09. The van der Waals surface area contributed by atoms with E-state index in [1.807, 2.05) is 0 Å². The van der Waals surface area contributed by atoms with Gasteiger partial charge in [0.2, 0.25) is 0 Å². The Morgan fingerprint density at radius 2 is 2.19 bits per heavy atom. The first kappa shape index (κ1) is 12.9. The average molecular weight is 285 g/mol. The Morgan fingerprint density at radius 3 is 2.86 bits per heavy atom. The van der Waals surface area contributed by atoms with E-state index in [0.717, 1.165) is 0 Å². The fourth-order valence-corrected chi connectivity index (χ4v) is 2.13. The highest BCUT2D eigenvalue weighted by atomic mass is 16.4. The number of imidazole rings is 1. The second-order valence-electron chi connectivity index (χ2n) is 4.48. The summed E-state index contributed by atoms with van der Waals surface area (Å²) in [6, 6.07) is 6.13. The molecule has 0 aliphatic rings. The summed E-state index contributed by atoms with van der Waals surface area (Å²) in [5, 5.41) is 11.9. The van der Waals surface area contributed by atoms with Crippen LogP contribution in [0.4, 0.5) is 5.69 Å². The van der Waals surface area contributed by atoms with Gasteiger partial charge >= 0.3 is 5.97 Å². The predicted molar refractivity (Wildman–Crippen MR) is 74.3 cm³/mol. The van der Waals surface area contributed by atoms with Gasteiger partial charge in [0.05, 0.1) is 29.2 Å². The molecule has 3 rings (SSSR count). The number of carboxylic acid groups (broad SMARTS) is 1. The summed E-state index contributed by atoms with van der Waals surface area (Å²) >= 11 is 0. The number of nitrogens with one attached hydrogen (secondary N) is 1. The van der Waals surface area contributed by atoms with Gasteiger partial charge in [-0.3, -0.25) is 4.79 Å². The van der Waals surface area contributed by atoms with E-state index >= 15 is 0 Å². The quantitative estimate of drug-likeness (QED) is 0.768. The largest absolute Gasteiger partial charge is 0.478 e. The SMILES string of the molecule is Cn1cnc2cc(NC(=O)c3ccco3)cc(C(=O)O)c21. The summed E-state index contributed by atoms with van der Waals surface area (Å²) in [5.41, 5.74) is 1.41. The molecule has 2 aromatic heterocycles. The first-order valence-electron chi connectivity index (χ1n) is 6.09. The van der Waals surface area contributed by atoms with Crippen molar-refractivity contribution in [1.82, 2.24) is 9.55 Å². The van der Waals surface area contributed by atoms with Crippen LogP contribution in [0, 0.1) is 0 Å². The van der Waals surface area contributed by atoms with Crippen LogP contribution in [0.5, 0.6) is 0 Å². The molecule has 106 valence electrons. The number of fused-ring (bicyclic) bond motifs is 1. The lowest BCUT2D eigenvalue weighted by Gasteiger charge is -2.06. The molecule has 0 spiro atoms. The van der Waals surface area contributed by atoms with E-state index in [4.69, 9.17) is 4.42 Å². The lowest BCUT2D eigenvalue weighted by atomic mass is 10.1. The molecule has 0 aliphatic carbocycles. The molecule has 1 aromatic carbocycles. The minimum Gasteiger partial charge on any atom is -0.478 e. The van der Waals surface area contributed by atoms with Crippen LogP contribution in [0.25, 0.3) is 11.0 Å². The molecule has 0 unspecified atom stereocenters. The number of carboxylic acids is 1. The molecular weight excluding hydrogens is 274 g/mol. The van der Waals surface area contributed by atoms with E-state index in [1.165, 1.54) is 24.7 Å². The number of hydrogen-bond acceptors (Lipinski definition) is 4. The maximum atomic E-state index is 11.9. The van der Waals surface area contributed by atoms with Gasteiger partial charge in [0.25, 0.3) is 5.91 Å². The fourth-order valence-electron chi connectivity index (χ4n) is 2.13. The maximum absolute atomic E-state index is 11.9. The molecule has 7 nitrogen and oxygen atoms in total. The van der Waals surface area contributed by atoms with Crippen LogP contribution in [0.3, 0.4) is 0 Å². The van der Waals surface area contributed by atoms with Gasteiger partial charge in [0, 0.05) is 12.7 Å². The standard InChI is InChI=1S/C14H11N3O4/c1-17-7-15-10-6-8(5-9(12(10)17)14(19)20)16-13(18)11-3-2-4-21-11/h2-7H,1H3,(H,16,18)(H,19,20). The van der Waals surface area contributed by atoms with Crippen molar-refractivity contribution >= 4 is 28.6 Å². The van der Waals surface area contributed by atoms with Gasteiger partial charge in [0.15, 0.2) is 5.76 Å². The van der Waals surface area contributed by atoms with Crippen molar-refractivity contribution < 1.29 is 19.1 Å². The zero-order chi connectivity index (χ0) is 15.0. The summed E-state index contributed by atoms with van der Waals surface area (Å²) in [4.78, 5) is 27.4. The van der Waals surface area contributed by atoms with Crippen LogP contribution >= 0.6 is 0 Å². The number of carbonyl (C=O) groups excluding carboxylic acids is 1. The number of aromatic nitrogens is 2. The third kappa shape index (κ3) is 2.25. The summed E-state index contributed by atoms with van der Waals surface area (Å²) in [5.74, 6) is -1.39. The molecule has 2 N–H and O–H groups in total. The van der Waals surface area contributed by atoms with Crippen LogP contribution in [0.2, 0.25) is 0 Å². The fraction of sp³-hybridized carbons (Fsp3) is 0.0714. The molecule has 0 saturated heterocycles. The first-order valence-corrected chi connectivity index (χ1v) is 6.09. The average Bonchev–Trinajstić information content (AvgIpc) is 3.08.